The third kappa shape index (κ3) is 2.68. The van der Waals surface area contributed by atoms with E-state index in [0.717, 1.165) is 16.7 Å². The van der Waals surface area contributed by atoms with Crippen LogP contribution in [0.1, 0.15) is 39.0 Å². The minimum atomic E-state index is -0.399. The predicted octanol–water partition coefficient (Wildman–Crippen LogP) is 1.70. The van der Waals surface area contributed by atoms with E-state index in [1.165, 1.54) is 0 Å². The standard InChI is InChI=1S/C14H24BN3O2/c1-10-11(9-18(6)17-10)7-12(8-16)15-19-13(2,3)14(4,5)20-15/h7,9H,8,16H2,1-6H3. The molecule has 2 heterocycles. The molecule has 1 aromatic heterocycles. The third-order valence-corrected chi connectivity index (χ3v) is 4.18. The zero-order valence-corrected chi connectivity index (χ0v) is 13.2. The maximum Gasteiger partial charge on any atom is 0.491 e. The van der Waals surface area contributed by atoms with Crippen molar-refractivity contribution in [1.29, 1.82) is 0 Å². The van der Waals surface area contributed by atoms with E-state index in [0.29, 0.717) is 6.54 Å². The van der Waals surface area contributed by atoms with E-state index in [2.05, 4.69) is 5.10 Å². The van der Waals surface area contributed by atoms with Crippen LogP contribution in [-0.2, 0) is 16.4 Å². The monoisotopic (exact) mass is 277 g/mol. The second kappa shape index (κ2) is 5.02. The Hall–Kier alpha value is -1.11. The normalized spacial score (nSPS) is 21.6. The molecule has 1 fully saturated rings. The Labute approximate surface area is 121 Å². The summed E-state index contributed by atoms with van der Waals surface area (Å²) in [4.78, 5) is 0. The van der Waals surface area contributed by atoms with Crippen molar-refractivity contribution in [2.75, 3.05) is 6.54 Å². The lowest BCUT2D eigenvalue weighted by atomic mass is 9.77. The molecule has 0 amide bonds. The maximum atomic E-state index is 6.04. The second-order valence-corrected chi connectivity index (χ2v) is 6.36. The van der Waals surface area contributed by atoms with Crippen molar-refractivity contribution in [3.8, 4) is 0 Å². The first-order valence-electron chi connectivity index (χ1n) is 6.93. The fourth-order valence-electron chi connectivity index (χ4n) is 2.18. The Balaban J connectivity index is 2.29. The zero-order valence-electron chi connectivity index (χ0n) is 13.2. The summed E-state index contributed by atoms with van der Waals surface area (Å²) in [6, 6.07) is 0. The van der Waals surface area contributed by atoms with Gasteiger partial charge in [0.25, 0.3) is 0 Å². The fourth-order valence-corrected chi connectivity index (χ4v) is 2.18. The Morgan fingerprint density at radius 1 is 1.35 bits per heavy atom. The van der Waals surface area contributed by atoms with Crippen molar-refractivity contribution in [1.82, 2.24) is 9.78 Å². The number of rotatable bonds is 3. The van der Waals surface area contributed by atoms with Crippen LogP contribution in [0.15, 0.2) is 11.7 Å². The molecule has 0 aromatic carbocycles. The molecular weight excluding hydrogens is 253 g/mol. The molecule has 1 aliphatic rings. The molecule has 0 bridgehead atoms. The first-order valence-corrected chi connectivity index (χ1v) is 6.93. The van der Waals surface area contributed by atoms with Crippen LogP contribution in [0.2, 0.25) is 0 Å². The van der Waals surface area contributed by atoms with Gasteiger partial charge in [0.1, 0.15) is 0 Å². The minimum Gasteiger partial charge on any atom is -0.400 e. The Morgan fingerprint density at radius 2 is 1.90 bits per heavy atom. The van der Waals surface area contributed by atoms with Gasteiger partial charge in [0, 0.05) is 25.4 Å². The summed E-state index contributed by atoms with van der Waals surface area (Å²) in [5.41, 5.74) is 8.12. The first-order chi connectivity index (χ1) is 9.16. The molecule has 1 saturated heterocycles. The highest BCUT2D eigenvalue weighted by atomic mass is 16.7. The summed E-state index contributed by atoms with van der Waals surface area (Å²) in [5.74, 6) is 0. The highest BCUT2D eigenvalue weighted by Crippen LogP contribution is 2.38. The number of aromatic nitrogens is 2. The topological polar surface area (TPSA) is 62.3 Å². The van der Waals surface area contributed by atoms with Gasteiger partial charge in [-0.1, -0.05) is 6.08 Å². The van der Waals surface area contributed by atoms with Crippen molar-refractivity contribution in [2.24, 2.45) is 12.8 Å². The maximum absolute atomic E-state index is 6.04. The van der Waals surface area contributed by atoms with Gasteiger partial charge < -0.3 is 15.0 Å². The molecule has 0 radical (unpaired) electrons. The van der Waals surface area contributed by atoms with Gasteiger partial charge in [-0.25, -0.2) is 0 Å². The average molecular weight is 277 g/mol. The SMILES string of the molecule is Cc1nn(C)cc1C=C(CN)B1OC(C)(C)C(C)(C)O1. The molecule has 0 atom stereocenters. The molecule has 5 nitrogen and oxygen atoms in total. The fraction of sp³-hybridized carbons (Fsp3) is 0.643. The zero-order chi connectivity index (χ0) is 15.1. The Kier molecular flexibility index (Phi) is 3.84. The summed E-state index contributed by atoms with van der Waals surface area (Å²) in [7, 11) is 1.51. The van der Waals surface area contributed by atoms with Crippen LogP contribution in [0.3, 0.4) is 0 Å². The van der Waals surface area contributed by atoms with Gasteiger partial charge in [0.2, 0.25) is 0 Å². The lowest BCUT2D eigenvalue weighted by molar-refractivity contribution is 0.00578. The molecule has 0 aliphatic carbocycles. The van der Waals surface area contributed by atoms with Crippen LogP contribution in [-0.4, -0.2) is 34.6 Å². The van der Waals surface area contributed by atoms with Crippen LogP contribution >= 0.6 is 0 Å². The van der Waals surface area contributed by atoms with Crippen LogP contribution in [0.25, 0.3) is 6.08 Å². The smallest absolute Gasteiger partial charge is 0.400 e. The molecular formula is C14H24BN3O2. The summed E-state index contributed by atoms with van der Waals surface area (Å²) in [6.07, 6.45) is 3.99. The summed E-state index contributed by atoms with van der Waals surface area (Å²) < 4.78 is 13.9. The van der Waals surface area contributed by atoms with Crippen molar-refractivity contribution < 1.29 is 9.31 Å². The molecule has 6 heteroatoms. The molecule has 1 aliphatic heterocycles. The van der Waals surface area contributed by atoms with E-state index < -0.39 is 7.12 Å². The number of hydrogen-bond acceptors (Lipinski definition) is 4. The lowest BCUT2D eigenvalue weighted by Gasteiger charge is -2.32. The molecule has 0 unspecified atom stereocenters. The highest BCUT2D eigenvalue weighted by Gasteiger charge is 2.52. The Morgan fingerprint density at radius 3 is 2.30 bits per heavy atom. The number of hydrogen-bond donors (Lipinski definition) is 1. The Bertz CT molecular complexity index is 519. The van der Waals surface area contributed by atoms with Crippen molar-refractivity contribution in [2.45, 2.75) is 45.8 Å². The number of nitrogens with zero attached hydrogens (tertiary/aromatic N) is 2. The van der Waals surface area contributed by atoms with E-state index in [4.69, 9.17) is 15.0 Å². The van der Waals surface area contributed by atoms with E-state index in [9.17, 15) is 0 Å². The number of aryl methyl sites for hydroxylation is 2. The second-order valence-electron chi connectivity index (χ2n) is 6.36. The van der Waals surface area contributed by atoms with Gasteiger partial charge in [-0.3, -0.25) is 4.68 Å². The molecule has 2 rings (SSSR count). The van der Waals surface area contributed by atoms with Crippen LogP contribution in [0.5, 0.6) is 0 Å². The van der Waals surface area contributed by atoms with E-state index in [1.807, 2.05) is 53.9 Å². The largest absolute Gasteiger partial charge is 0.491 e. The molecule has 1 aromatic rings. The van der Waals surface area contributed by atoms with Gasteiger partial charge in [0.05, 0.1) is 16.9 Å². The van der Waals surface area contributed by atoms with Crippen molar-refractivity contribution in [3.05, 3.63) is 22.9 Å². The minimum absolute atomic E-state index is 0.351. The van der Waals surface area contributed by atoms with Gasteiger partial charge in [-0.15, -0.1) is 0 Å². The molecule has 0 saturated carbocycles. The average Bonchev–Trinajstić information content (AvgIpc) is 2.72. The quantitative estimate of drug-likeness (QED) is 0.854. The van der Waals surface area contributed by atoms with Crippen LogP contribution in [0.4, 0.5) is 0 Å². The van der Waals surface area contributed by atoms with Crippen molar-refractivity contribution >= 4 is 13.2 Å². The summed E-state index contributed by atoms with van der Waals surface area (Å²) in [6.45, 7) is 10.5. The van der Waals surface area contributed by atoms with E-state index in [1.54, 1.807) is 4.68 Å². The van der Waals surface area contributed by atoms with Gasteiger partial charge in [0.15, 0.2) is 0 Å². The molecule has 20 heavy (non-hydrogen) atoms. The van der Waals surface area contributed by atoms with Crippen LogP contribution < -0.4 is 5.73 Å². The third-order valence-electron chi connectivity index (χ3n) is 4.18. The molecule has 0 spiro atoms. The summed E-state index contributed by atoms with van der Waals surface area (Å²) >= 11 is 0. The van der Waals surface area contributed by atoms with Gasteiger partial charge >= 0.3 is 7.12 Å². The lowest BCUT2D eigenvalue weighted by Crippen LogP contribution is -2.41. The number of nitrogens with two attached hydrogens (primary N) is 1. The first kappa shape index (κ1) is 15.3. The summed E-state index contributed by atoms with van der Waals surface area (Å²) in [5, 5.41) is 4.33. The molecule has 110 valence electrons. The van der Waals surface area contributed by atoms with E-state index in [-0.39, 0.29) is 11.2 Å². The van der Waals surface area contributed by atoms with E-state index >= 15 is 0 Å². The van der Waals surface area contributed by atoms with Gasteiger partial charge in [-0.05, 0) is 40.1 Å². The highest BCUT2D eigenvalue weighted by molar-refractivity contribution is 6.55. The predicted molar refractivity (Wildman–Crippen MR) is 81.1 cm³/mol. The molecule has 2 N–H and O–H groups in total. The van der Waals surface area contributed by atoms with Gasteiger partial charge in [-0.2, -0.15) is 5.10 Å². The van der Waals surface area contributed by atoms with Crippen LogP contribution in [0, 0.1) is 6.92 Å². The van der Waals surface area contributed by atoms with Crippen molar-refractivity contribution in [3.63, 3.8) is 0 Å².